The highest BCUT2D eigenvalue weighted by molar-refractivity contribution is 6.15. The topological polar surface area (TPSA) is 67.6 Å². The number of nitrogens with zero attached hydrogens (tertiary/aromatic N) is 2. The van der Waals surface area contributed by atoms with Crippen LogP contribution in [0.5, 0.6) is 0 Å². The molecule has 0 fully saturated rings. The standard InChI is InChI=1S/C18H12N4/c19-17-16-14-7-12-5-10-3-1-2-4-11(10)6-13(12)8-15(14)22-18(16)21-9-20-17/h1-9H,(H3,19,20,21,22). The third-order valence-corrected chi connectivity index (χ3v) is 4.24. The molecule has 2 aromatic heterocycles. The van der Waals surface area contributed by atoms with Crippen LogP contribution >= 0.6 is 0 Å². The lowest BCUT2D eigenvalue weighted by Crippen LogP contribution is -1.91. The van der Waals surface area contributed by atoms with E-state index in [1.165, 1.54) is 27.9 Å². The minimum atomic E-state index is 0.511. The number of hydrogen-bond donors (Lipinski definition) is 2. The molecule has 0 bridgehead atoms. The van der Waals surface area contributed by atoms with Gasteiger partial charge in [-0.1, -0.05) is 24.3 Å². The van der Waals surface area contributed by atoms with E-state index < -0.39 is 0 Å². The van der Waals surface area contributed by atoms with Crippen molar-refractivity contribution in [3.8, 4) is 0 Å². The number of aromatic amines is 1. The molecule has 0 aliphatic heterocycles. The molecule has 0 saturated carbocycles. The van der Waals surface area contributed by atoms with Gasteiger partial charge in [0.2, 0.25) is 0 Å². The fourth-order valence-corrected chi connectivity index (χ4v) is 3.19. The molecular formula is C18H12N4. The Bertz CT molecular complexity index is 1190. The van der Waals surface area contributed by atoms with E-state index >= 15 is 0 Å². The quantitative estimate of drug-likeness (QED) is 0.422. The van der Waals surface area contributed by atoms with Gasteiger partial charge in [0.05, 0.1) is 5.39 Å². The van der Waals surface area contributed by atoms with Crippen molar-refractivity contribution >= 4 is 49.3 Å². The van der Waals surface area contributed by atoms with Crippen LogP contribution in [-0.4, -0.2) is 15.0 Å². The Balaban J connectivity index is 2.00. The molecule has 0 aliphatic carbocycles. The molecule has 22 heavy (non-hydrogen) atoms. The first-order valence-corrected chi connectivity index (χ1v) is 7.14. The SMILES string of the molecule is Nc1ncnc2[nH]c3cc4cc5ccccc5cc4cc3c12. The van der Waals surface area contributed by atoms with Gasteiger partial charge < -0.3 is 10.7 Å². The van der Waals surface area contributed by atoms with Crippen LogP contribution in [0.15, 0.2) is 54.9 Å². The van der Waals surface area contributed by atoms with Crippen LogP contribution < -0.4 is 5.73 Å². The van der Waals surface area contributed by atoms with Gasteiger partial charge in [-0.25, -0.2) is 9.97 Å². The van der Waals surface area contributed by atoms with Gasteiger partial charge in [0.15, 0.2) is 0 Å². The molecule has 0 aliphatic rings. The highest BCUT2D eigenvalue weighted by Gasteiger charge is 2.10. The highest BCUT2D eigenvalue weighted by atomic mass is 15.0. The van der Waals surface area contributed by atoms with Gasteiger partial charge in [0.1, 0.15) is 17.8 Å². The highest BCUT2D eigenvalue weighted by Crippen LogP contribution is 2.32. The Hall–Kier alpha value is -3.14. The molecule has 5 aromatic rings. The van der Waals surface area contributed by atoms with Crippen LogP contribution in [0.25, 0.3) is 43.5 Å². The van der Waals surface area contributed by atoms with E-state index in [9.17, 15) is 0 Å². The van der Waals surface area contributed by atoms with Crippen molar-refractivity contribution < 1.29 is 0 Å². The molecule has 3 N–H and O–H groups in total. The number of fused-ring (bicyclic) bond motifs is 5. The smallest absolute Gasteiger partial charge is 0.143 e. The number of benzene rings is 3. The number of nitrogens with two attached hydrogens (primary N) is 1. The summed E-state index contributed by atoms with van der Waals surface area (Å²) < 4.78 is 0. The number of aromatic nitrogens is 3. The van der Waals surface area contributed by atoms with E-state index in [2.05, 4.69) is 63.5 Å². The van der Waals surface area contributed by atoms with Crippen molar-refractivity contribution in [2.75, 3.05) is 5.73 Å². The lowest BCUT2D eigenvalue weighted by atomic mass is 10.0. The molecule has 104 valence electrons. The third-order valence-electron chi connectivity index (χ3n) is 4.24. The Morgan fingerprint density at radius 1 is 0.818 bits per heavy atom. The van der Waals surface area contributed by atoms with Gasteiger partial charge in [-0.3, -0.25) is 0 Å². The number of hydrogen-bond acceptors (Lipinski definition) is 3. The van der Waals surface area contributed by atoms with Crippen molar-refractivity contribution in [1.29, 1.82) is 0 Å². The monoisotopic (exact) mass is 284 g/mol. The molecule has 4 heteroatoms. The fourth-order valence-electron chi connectivity index (χ4n) is 3.19. The Kier molecular flexibility index (Phi) is 2.07. The number of nitrogens with one attached hydrogen (secondary N) is 1. The maximum atomic E-state index is 6.03. The van der Waals surface area contributed by atoms with Crippen LogP contribution in [-0.2, 0) is 0 Å². The predicted molar refractivity (Wildman–Crippen MR) is 90.8 cm³/mol. The normalized spacial score (nSPS) is 11.8. The zero-order chi connectivity index (χ0) is 14.7. The van der Waals surface area contributed by atoms with Crippen LogP contribution in [0.3, 0.4) is 0 Å². The second kappa shape index (κ2) is 3.95. The fraction of sp³-hybridized carbons (Fsp3) is 0. The summed E-state index contributed by atoms with van der Waals surface area (Å²) in [7, 11) is 0. The van der Waals surface area contributed by atoms with Crippen molar-refractivity contribution in [1.82, 2.24) is 15.0 Å². The summed E-state index contributed by atoms with van der Waals surface area (Å²) in [5.74, 6) is 0.511. The van der Waals surface area contributed by atoms with Gasteiger partial charge in [0, 0.05) is 10.9 Å². The van der Waals surface area contributed by atoms with Crippen molar-refractivity contribution in [3.05, 3.63) is 54.9 Å². The molecule has 0 radical (unpaired) electrons. The molecule has 0 atom stereocenters. The summed E-state index contributed by atoms with van der Waals surface area (Å²) in [5.41, 5.74) is 7.84. The van der Waals surface area contributed by atoms with Crippen LogP contribution in [0.1, 0.15) is 0 Å². The first-order chi connectivity index (χ1) is 10.8. The summed E-state index contributed by atoms with van der Waals surface area (Å²) >= 11 is 0. The third kappa shape index (κ3) is 1.46. The van der Waals surface area contributed by atoms with Crippen LogP contribution in [0.2, 0.25) is 0 Å². The van der Waals surface area contributed by atoms with E-state index in [1.54, 1.807) is 0 Å². The van der Waals surface area contributed by atoms with Gasteiger partial charge in [-0.05, 0) is 45.8 Å². The maximum absolute atomic E-state index is 6.03. The lowest BCUT2D eigenvalue weighted by Gasteiger charge is -2.03. The molecule has 0 spiro atoms. The number of nitrogen functional groups attached to an aromatic ring is 1. The Morgan fingerprint density at radius 3 is 2.32 bits per heavy atom. The predicted octanol–water partition coefficient (Wildman–Crippen LogP) is 4.00. The van der Waals surface area contributed by atoms with Gasteiger partial charge >= 0.3 is 0 Å². The minimum absolute atomic E-state index is 0.511. The lowest BCUT2D eigenvalue weighted by molar-refractivity contribution is 1.21. The van der Waals surface area contributed by atoms with E-state index in [0.29, 0.717) is 5.82 Å². The summed E-state index contributed by atoms with van der Waals surface area (Å²) in [4.78, 5) is 11.7. The molecule has 0 amide bonds. The minimum Gasteiger partial charge on any atom is -0.383 e. The van der Waals surface area contributed by atoms with E-state index in [1.807, 2.05) is 0 Å². The number of H-pyrrole nitrogens is 1. The van der Waals surface area contributed by atoms with Crippen molar-refractivity contribution in [3.63, 3.8) is 0 Å². The second-order valence-electron chi connectivity index (χ2n) is 5.55. The Labute approximate surface area is 125 Å². The molecule has 5 rings (SSSR count). The zero-order valence-electron chi connectivity index (χ0n) is 11.7. The van der Waals surface area contributed by atoms with Gasteiger partial charge in [0.25, 0.3) is 0 Å². The zero-order valence-corrected chi connectivity index (χ0v) is 11.7. The average molecular weight is 284 g/mol. The summed E-state index contributed by atoms with van der Waals surface area (Å²) in [5, 5.41) is 6.83. The Morgan fingerprint density at radius 2 is 1.55 bits per heavy atom. The van der Waals surface area contributed by atoms with Crippen LogP contribution in [0, 0.1) is 0 Å². The summed E-state index contributed by atoms with van der Waals surface area (Å²) in [6.07, 6.45) is 1.49. The molecule has 0 unspecified atom stereocenters. The number of anilines is 1. The second-order valence-corrected chi connectivity index (χ2v) is 5.55. The van der Waals surface area contributed by atoms with E-state index in [4.69, 9.17) is 5.73 Å². The largest absolute Gasteiger partial charge is 0.383 e. The van der Waals surface area contributed by atoms with Gasteiger partial charge in [-0.2, -0.15) is 0 Å². The molecule has 0 saturated heterocycles. The van der Waals surface area contributed by atoms with E-state index in [0.717, 1.165) is 21.9 Å². The summed E-state index contributed by atoms with van der Waals surface area (Å²) in [6, 6.07) is 17.1. The van der Waals surface area contributed by atoms with Crippen molar-refractivity contribution in [2.45, 2.75) is 0 Å². The average Bonchev–Trinajstić information content (AvgIpc) is 2.89. The van der Waals surface area contributed by atoms with Gasteiger partial charge in [-0.15, -0.1) is 0 Å². The molecule has 4 nitrogen and oxygen atoms in total. The number of rotatable bonds is 0. The molecule has 2 heterocycles. The van der Waals surface area contributed by atoms with Crippen molar-refractivity contribution in [2.24, 2.45) is 0 Å². The van der Waals surface area contributed by atoms with E-state index in [-0.39, 0.29) is 0 Å². The maximum Gasteiger partial charge on any atom is 0.143 e. The first kappa shape index (κ1) is 11.5. The first-order valence-electron chi connectivity index (χ1n) is 7.14. The molecule has 3 aromatic carbocycles. The molecular weight excluding hydrogens is 272 g/mol. The summed E-state index contributed by atoms with van der Waals surface area (Å²) in [6.45, 7) is 0. The van der Waals surface area contributed by atoms with Crippen LogP contribution in [0.4, 0.5) is 5.82 Å².